The third-order valence-corrected chi connectivity index (χ3v) is 7.55. The van der Waals surface area contributed by atoms with Gasteiger partial charge in [0.1, 0.15) is 10.6 Å². The average Bonchev–Trinajstić information content (AvgIpc) is 3.40. The summed E-state index contributed by atoms with van der Waals surface area (Å²) >= 11 is 1.38. The molecule has 0 radical (unpaired) electrons. The number of rotatable bonds is 14. The minimum absolute atomic E-state index is 0.122. The van der Waals surface area contributed by atoms with Crippen LogP contribution >= 0.6 is 11.3 Å². The maximum absolute atomic E-state index is 12.7. The van der Waals surface area contributed by atoms with Crippen molar-refractivity contribution >= 4 is 34.4 Å². The first-order chi connectivity index (χ1) is 21.7. The highest BCUT2D eigenvalue weighted by Crippen LogP contribution is 2.23. The van der Waals surface area contributed by atoms with Crippen molar-refractivity contribution in [3.05, 3.63) is 100.0 Å². The molecule has 3 aromatic rings. The molecule has 0 aliphatic heterocycles. The van der Waals surface area contributed by atoms with Crippen molar-refractivity contribution in [2.24, 2.45) is 5.73 Å². The van der Waals surface area contributed by atoms with Crippen molar-refractivity contribution in [3.8, 4) is 0 Å². The summed E-state index contributed by atoms with van der Waals surface area (Å²) in [6, 6.07) is 17.1. The number of aryl methyl sites for hydroxylation is 1. The van der Waals surface area contributed by atoms with Gasteiger partial charge in [-0.1, -0.05) is 65.9 Å². The van der Waals surface area contributed by atoms with E-state index in [0.29, 0.717) is 23.1 Å². The van der Waals surface area contributed by atoms with Gasteiger partial charge in [-0.3, -0.25) is 14.9 Å². The van der Waals surface area contributed by atoms with Crippen molar-refractivity contribution in [3.63, 3.8) is 0 Å². The molecular formula is C34H46N7O4S+. The van der Waals surface area contributed by atoms with Crippen LogP contribution < -0.4 is 27.4 Å². The Morgan fingerprint density at radius 2 is 1.61 bits per heavy atom. The van der Waals surface area contributed by atoms with Crippen molar-refractivity contribution < 1.29 is 24.9 Å². The van der Waals surface area contributed by atoms with Gasteiger partial charge in [0.05, 0.1) is 18.4 Å². The molecule has 46 heavy (non-hydrogen) atoms. The van der Waals surface area contributed by atoms with E-state index in [1.165, 1.54) is 11.3 Å². The summed E-state index contributed by atoms with van der Waals surface area (Å²) in [5.74, 6) is 0.103. The summed E-state index contributed by atoms with van der Waals surface area (Å²) < 4.78 is 5.39. The van der Waals surface area contributed by atoms with E-state index in [2.05, 4.69) is 31.9 Å². The van der Waals surface area contributed by atoms with Crippen LogP contribution in [0.4, 0.5) is 9.93 Å². The molecule has 0 fully saturated rings. The molecule has 12 heteroatoms. The Morgan fingerprint density at radius 3 is 2.33 bits per heavy atom. The van der Waals surface area contributed by atoms with Crippen molar-refractivity contribution in [1.29, 1.82) is 0 Å². The first kappa shape index (κ1) is 35.9. The SMILES string of the molecule is CC(C)(C)OC(=O)NC(C)(C)c1cccc(CC(=O)N/C([NH3+])=C/C=C(\N)CCCCc2nnc(NC(=O)Cc3ccccc3)s2)c1. The zero-order valence-electron chi connectivity index (χ0n) is 27.3. The number of quaternary nitrogens is 1. The van der Waals surface area contributed by atoms with Gasteiger partial charge in [-0.25, -0.2) is 4.79 Å². The molecular weight excluding hydrogens is 602 g/mol. The van der Waals surface area contributed by atoms with Crippen LogP contribution in [0.15, 0.2) is 78.3 Å². The zero-order valence-corrected chi connectivity index (χ0v) is 28.1. The normalized spacial score (nSPS) is 12.4. The number of ether oxygens (including phenoxy) is 1. The highest BCUT2D eigenvalue weighted by molar-refractivity contribution is 7.15. The van der Waals surface area contributed by atoms with Crippen molar-refractivity contribution in [2.45, 2.75) is 84.3 Å². The van der Waals surface area contributed by atoms with E-state index in [1.54, 1.807) is 12.2 Å². The molecule has 0 bridgehead atoms. The number of nitrogens with two attached hydrogens (primary N) is 1. The summed E-state index contributed by atoms with van der Waals surface area (Å²) in [4.78, 5) is 37.2. The number of allylic oxidation sites excluding steroid dienone is 3. The first-order valence-electron chi connectivity index (χ1n) is 15.2. The van der Waals surface area contributed by atoms with E-state index in [4.69, 9.17) is 10.5 Å². The number of aromatic nitrogens is 2. The molecule has 0 saturated heterocycles. The predicted octanol–water partition coefficient (Wildman–Crippen LogP) is 4.48. The molecule has 2 aromatic carbocycles. The highest BCUT2D eigenvalue weighted by Gasteiger charge is 2.26. The number of alkyl carbamates (subject to hydrolysis) is 1. The number of carbonyl (C=O) groups excluding carboxylic acids is 3. The largest absolute Gasteiger partial charge is 0.444 e. The molecule has 1 aromatic heterocycles. The Balaban J connectivity index is 1.39. The molecule has 3 rings (SSSR count). The van der Waals surface area contributed by atoms with Gasteiger partial charge in [0, 0.05) is 18.2 Å². The fourth-order valence-electron chi connectivity index (χ4n) is 4.40. The Morgan fingerprint density at radius 1 is 0.913 bits per heavy atom. The number of nitrogens with zero attached hydrogens (tertiary/aromatic N) is 2. The van der Waals surface area contributed by atoms with Crippen LogP contribution in [0.3, 0.4) is 0 Å². The Bertz CT molecular complexity index is 1540. The number of hydrogen-bond donors (Lipinski definition) is 5. The molecule has 11 nitrogen and oxygen atoms in total. The van der Waals surface area contributed by atoms with Crippen LogP contribution in [-0.2, 0) is 39.1 Å². The summed E-state index contributed by atoms with van der Waals surface area (Å²) in [6.45, 7) is 9.20. The van der Waals surface area contributed by atoms with E-state index in [-0.39, 0.29) is 24.7 Å². The summed E-state index contributed by atoms with van der Waals surface area (Å²) in [5.41, 5.74) is 12.0. The fourth-order valence-corrected chi connectivity index (χ4v) is 5.20. The van der Waals surface area contributed by atoms with Gasteiger partial charge in [0.15, 0.2) is 0 Å². The third-order valence-electron chi connectivity index (χ3n) is 6.65. The van der Waals surface area contributed by atoms with Crippen molar-refractivity contribution in [1.82, 2.24) is 20.8 Å². The van der Waals surface area contributed by atoms with E-state index in [9.17, 15) is 14.4 Å². The molecule has 0 saturated carbocycles. The number of amides is 3. The van der Waals surface area contributed by atoms with Gasteiger partial charge in [-0.2, -0.15) is 0 Å². The summed E-state index contributed by atoms with van der Waals surface area (Å²) in [6.07, 6.45) is 6.49. The van der Waals surface area contributed by atoms with E-state index in [0.717, 1.165) is 41.0 Å². The molecule has 0 spiro atoms. The second-order valence-corrected chi connectivity index (χ2v) is 13.6. The Kier molecular flexibility index (Phi) is 13.0. The minimum atomic E-state index is -0.699. The van der Waals surface area contributed by atoms with Gasteiger partial charge in [-0.05, 0) is 76.6 Å². The van der Waals surface area contributed by atoms with Crippen LogP contribution in [0, 0.1) is 0 Å². The van der Waals surface area contributed by atoms with Crippen LogP contribution in [0.2, 0.25) is 0 Å². The molecule has 0 aliphatic rings. The lowest BCUT2D eigenvalue weighted by Gasteiger charge is -2.29. The second-order valence-electron chi connectivity index (χ2n) is 12.5. The lowest BCUT2D eigenvalue weighted by molar-refractivity contribution is -0.310. The van der Waals surface area contributed by atoms with Crippen molar-refractivity contribution in [2.75, 3.05) is 5.32 Å². The zero-order chi connectivity index (χ0) is 33.7. The van der Waals surface area contributed by atoms with Crippen LogP contribution in [0.1, 0.15) is 75.6 Å². The first-order valence-corrected chi connectivity index (χ1v) is 16.0. The summed E-state index contributed by atoms with van der Waals surface area (Å²) in [5, 5.41) is 18.1. The monoisotopic (exact) mass is 648 g/mol. The van der Waals surface area contributed by atoms with Gasteiger partial charge in [0.2, 0.25) is 22.8 Å². The predicted molar refractivity (Wildman–Crippen MR) is 180 cm³/mol. The number of unbranched alkanes of at least 4 members (excludes halogenated alkanes) is 1. The number of nitrogens with one attached hydrogen (secondary N) is 3. The minimum Gasteiger partial charge on any atom is -0.444 e. The van der Waals surface area contributed by atoms with Gasteiger partial charge < -0.3 is 26.8 Å². The number of carbonyl (C=O) groups is 3. The average molecular weight is 649 g/mol. The topological polar surface area (TPSA) is 176 Å². The van der Waals surface area contributed by atoms with E-state index < -0.39 is 17.2 Å². The standard InChI is InChI=1S/C34H45N7O4S/c1-33(2,3)45-32(44)39-34(4,5)25-15-11-14-24(20-25)22-28(42)37-27(36)19-18-26(35)16-9-10-17-30-40-41-31(46-30)38-29(43)21-23-12-7-6-8-13-23/h6-8,11-15,18-20H,9-10,16-17,21-22,35-36H2,1-5H3,(H,37,42)(H,39,44)(H,38,41,43)/p+1/b26-18-,27-19+. The number of hydrogen-bond acceptors (Lipinski definition) is 8. The number of anilines is 1. The maximum Gasteiger partial charge on any atom is 0.408 e. The number of benzene rings is 2. The Hall–Kier alpha value is -4.55. The molecule has 0 atom stereocenters. The summed E-state index contributed by atoms with van der Waals surface area (Å²) in [7, 11) is 0. The van der Waals surface area contributed by atoms with Gasteiger partial charge >= 0.3 is 6.09 Å². The van der Waals surface area contributed by atoms with Crippen LogP contribution in [0.25, 0.3) is 0 Å². The molecule has 1 heterocycles. The molecule has 8 N–H and O–H groups in total. The fraction of sp³-hybridized carbons (Fsp3) is 0.382. The van der Waals surface area contributed by atoms with Crippen LogP contribution in [0.5, 0.6) is 0 Å². The lowest BCUT2D eigenvalue weighted by Crippen LogP contribution is -2.55. The van der Waals surface area contributed by atoms with E-state index in [1.807, 2.05) is 89.2 Å². The third kappa shape index (κ3) is 13.2. The highest BCUT2D eigenvalue weighted by atomic mass is 32.1. The molecule has 0 unspecified atom stereocenters. The molecule has 0 aliphatic carbocycles. The van der Waals surface area contributed by atoms with Crippen LogP contribution in [-0.4, -0.2) is 33.7 Å². The quantitative estimate of drug-likeness (QED) is 0.126. The second kappa shape index (κ2) is 16.7. The maximum atomic E-state index is 12.7. The Labute approximate surface area is 274 Å². The van der Waals surface area contributed by atoms with Gasteiger partial charge in [0.25, 0.3) is 0 Å². The lowest BCUT2D eigenvalue weighted by atomic mass is 9.92. The van der Waals surface area contributed by atoms with Gasteiger partial charge in [-0.15, -0.1) is 10.2 Å². The molecule has 246 valence electrons. The smallest absolute Gasteiger partial charge is 0.408 e. The molecule has 3 amide bonds. The van der Waals surface area contributed by atoms with E-state index >= 15 is 0 Å².